The first-order chi connectivity index (χ1) is 9.60. The number of fused-ring (bicyclic) bond motifs is 1. The Morgan fingerprint density at radius 2 is 2.05 bits per heavy atom. The fraction of sp³-hybridized carbons (Fsp3) is 0.0667. The summed E-state index contributed by atoms with van der Waals surface area (Å²) in [6.45, 7) is 2.02. The Morgan fingerprint density at radius 3 is 2.80 bits per heavy atom. The maximum absolute atomic E-state index is 9.28. The molecule has 0 unspecified atom stereocenters. The van der Waals surface area contributed by atoms with E-state index in [1.54, 1.807) is 18.2 Å². The van der Waals surface area contributed by atoms with Crippen molar-refractivity contribution >= 4 is 34.9 Å². The van der Waals surface area contributed by atoms with Gasteiger partial charge in [0.05, 0.1) is 22.3 Å². The van der Waals surface area contributed by atoms with Gasteiger partial charge in [0, 0.05) is 5.02 Å². The number of aromatic amines is 1. The van der Waals surface area contributed by atoms with Crippen LogP contribution in [0.4, 0.5) is 0 Å². The van der Waals surface area contributed by atoms with Gasteiger partial charge >= 0.3 is 0 Å². The van der Waals surface area contributed by atoms with E-state index < -0.39 is 0 Å². The summed E-state index contributed by atoms with van der Waals surface area (Å²) in [5.74, 6) is 0. The number of nitrogens with one attached hydrogen (secondary N) is 1. The molecule has 20 heavy (non-hydrogen) atoms. The third-order valence-corrected chi connectivity index (χ3v) is 3.68. The van der Waals surface area contributed by atoms with E-state index in [1.165, 1.54) is 0 Å². The molecule has 0 aliphatic carbocycles. The molecule has 98 valence electrons. The first-order valence-corrected chi connectivity index (χ1v) is 6.80. The predicted octanol–water partition coefficient (Wildman–Crippen LogP) is 4.52. The number of benzene rings is 2. The number of imidazole rings is 1. The second-order valence-corrected chi connectivity index (χ2v) is 5.38. The van der Waals surface area contributed by atoms with Crippen LogP contribution >= 0.6 is 23.8 Å². The smallest absolute Gasteiger partial charge is 0.182 e. The summed E-state index contributed by atoms with van der Waals surface area (Å²) in [5.41, 5.74) is 4.23. The largest absolute Gasteiger partial charge is 0.330 e. The van der Waals surface area contributed by atoms with Crippen molar-refractivity contribution in [1.82, 2.24) is 9.55 Å². The molecule has 0 aliphatic rings. The number of hydrogen-bond acceptors (Lipinski definition) is 2. The van der Waals surface area contributed by atoms with Crippen LogP contribution in [0.15, 0.2) is 36.4 Å². The standard InChI is InChI=1S/C15H10ClN3S/c1-9-2-5-12-14(6-9)19(15(20)18-12)13-7-11(16)4-3-10(13)8-17/h2-7H,1H3,(H,18,20). The number of rotatable bonds is 1. The van der Waals surface area contributed by atoms with Crippen molar-refractivity contribution < 1.29 is 0 Å². The van der Waals surface area contributed by atoms with E-state index in [4.69, 9.17) is 23.8 Å². The van der Waals surface area contributed by atoms with Gasteiger partial charge in [0.1, 0.15) is 6.07 Å². The number of hydrogen-bond donors (Lipinski definition) is 1. The number of H-pyrrole nitrogens is 1. The van der Waals surface area contributed by atoms with Crippen LogP contribution in [0.25, 0.3) is 16.7 Å². The first-order valence-electron chi connectivity index (χ1n) is 6.01. The molecule has 0 aliphatic heterocycles. The highest BCUT2D eigenvalue weighted by molar-refractivity contribution is 7.71. The summed E-state index contributed by atoms with van der Waals surface area (Å²) >= 11 is 11.4. The molecular weight excluding hydrogens is 290 g/mol. The highest BCUT2D eigenvalue weighted by Crippen LogP contribution is 2.25. The zero-order valence-corrected chi connectivity index (χ0v) is 12.2. The Balaban J connectivity index is 2.44. The zero-order valence-electron chi connectivity index (χ0n) is 10.6. The summed E-state index contributed by atoms with van der Waals surface area (Å²) < 4.78 is 2.40. The number of aryl methyl sites for hydroxylation is 1. The van der Waals surface area contributed by atoms with Crippen molar-refractivity contribution in [2.75, 3.05) is 0 Å². The fourth-order valence-corrected chi connectivity index (χ4v) is 2.71. The number of halogens is 1. The van der Waals surface area contributed by atoms with Crippen LogP contribution in [-0.4, -0.2) is 9.55 Å². The van der Waals surface area contributed by atoms with E-state index in [1.807, 2.05) is 29.7 Å². The second-order valence-electron chi connectivity index (χ2n) is 4.56. The predicted molar refractivity (Wildman–Crippen MR) is 82.9 cm³/mol. The second kappa shape index (κ2) is 4.78. The highest BCUT2D eigenvalue weighted by atomic mass is 35.5. The average molecular weight is 300 g/mol. The van der Waals surface area contributed by atoms with Crippen LogP contribution in [0, 0.1) is 23.0 Å². The van der Waals surface area contributed by atoms with Gasteiger partial charge in [0.25, 0.3) is 0 Å². The van der Waals surface area contributed by atoms with Gasteiger partial charge in [-0.05, 0) is 55.0 Å². The topological polar surface area (TPSA) is 44.5 Å². The molecule has 0 saturated heterocycles. The minimum Gasteiger partial charge on any atom is -0.330 e. The Kier molecular flexibility index (Phi) is 3.09. The summed E-state index contributed by atoms with van der Waals surface area (Å²) in [6.07, 6.45) is 0. The summed E-state index contributed by atoms with van der Waals surface area (Å²) in [6, 6.07) is 13.4. The van der Waals surface area contributed by atoms with E-state index in [2.05, 4.69) is 11.1 Å². The van der Waals surface area contributed by atoms with Gasteiger partial charge in [0.15, 0.2) is 4.77 Å². The van der Waals surface area contributed by atoms with E-state index in [-0.39, 0.29) is 0 Å². The molecule has 5 heteroatoms. The summed E-state index contributed by atoms with van der Waals surface area (Å²) in [5, 5.41) is 9.85. The molecule has 0 saturated carbocycles. The lowest BCUT2D eigenvalue weighted by atomic mass is 10.1. The quantitative estimate of drug-likeness (QED) is 0.671. The monoisotopic (exact) mass is 299 g/mol. The van der Waals surface area contributed by atoms with Gasteiger partial charge in [0.2, 0.25) is 0 Å². The van der Waals surface area contributed by atoms with Crippen molar-refractivity contribution in [3.05, 3.63) is 57.3 Å². The zero-order chi connectivity index (χ0) is 14.3. The molecule has 2 aromatic carbocycles. The molecule has 1 aromatic heterocycles. The number of nitrogens with zero attached hydrogens (tertiary/aromatic N) is 2. The van der Waals surface area contributed by atoms with Crippen molar-refractivity contribution in [3.63, 3.8) is 0 Å². The maximum atomic E-state index is 9.28. The molecule has 0 atom stereocenters. The van der Waals surface area contributed by atoms with E-state index >= 15 is 0 Å². The Labute approximate surface area is 126 Å². The van der Waals surface area contributed by atoms with E-state index in [0.29, 0.717) is 21.0 Å². The lowest BCUT2D eigenvalue weighted by Gasteiger charge is -2.07. The first kappa shape index (κ1) is 12.9. The van der Waals surface area contributed by atoms with Gasteiger partial charge < -0.3 is 4.98 Å². The molecule has 0 radical (unpaired) electrons. The summed E-state index contributed by atoms with van der Waals surface area (Å²) in [7, 11) is 0. The molecule has 1 N–H and O–H groups in total. The average Bonchev–Trinajstić information content (AvgIpc) is 2.74. The highest BCUT2D eigenvalue weighted by Gasteiger charge is 2.11. The van der Waals surface area contributed by atoms with Gasteiger partial charge in [-0.1, -0.05) is 17.7 Å². The Bertz CT molecular complexity index is 915. The van der Waals surface area contributed by atoms with Crippen molar-refractivity contribution in [2.45, 2.75) is 6.92 Å². The van der Waals surface area contributed by atoms with Crippen LogP contribution in [0.3, 0.4) is 0 Å². The molecule has 0 amide bonds. The van der Waals surface area contributed by atoms with E-state index in [0.717, 1.165) is 16.6 Å². The van der Waals surface area contributed by atoms with Crippen LogP contribution in [0.5, 0.6) is 0 Å². The van der Waals surface area contributed by atoms with Gasteiger partial charge in [-0.15, -0.1) is 0 Å². The van der Waals surface area contributed by atoms with Crippen LogP contribution in [-0.2, 0) is 0 Å². The normalized spacial score (nSPS) is 10.7. The van der Waals surface area contributed by atoms with Crippen LogP contribution < -0.4 is 0 Å². The molecule has 0 bridgehead atoms. The third kappa shape index (κ3) is 2.01. The summed E-state index contributed by atoms with van der Waals surface area (Å²) in [4.78, 5) is 3.15. The van der Waals surface area contributed by atoms with Crippen molar-refractivity contribution in [3.8, 4) is 11.8 Å². The fourth-order valence-electron chi connectivity index (χ4n) is 2.24. The van der Waals surface area contributed by atoms with Crippen LogP contribution in [0.1, 0.15) is 11.1 Å². The third-order valence-electron chi connectivity index (χ3n) is 3.16. The van der Waals surface area contributed by atoms with Gasteiger partial charge in [-0.2, -0.15) is 5.26 Å². The molecule has 1 heterocycles. The van der Waals surface area contributed by atoms with E-state index in [9.17, 15) is 5.26 Å². The molecule has 0 fully saturated rings. The SMILES string of the molecule is Cc1ccc2[nH]c(=S)n(-c3cc(Cl)ccc3C#N)c2c1. The molecule has 3 nitrogen and oxygen atoms in total. The van der Waals surface area contributed by atoms with Gasteiger partial charge in [-0.3, -0.25) is 4.57 Å². The lowest BCUT2D eigenvalue weighted by Crippen LogP contribution is -1.97. The minimum atomic E-state index is 0.535. The Hall–Kier alpha value is -2.09. The maximum Gasteiger partial charge on any atom is 0.182 e. The lowest BCUT2D eigenvalue weighted by molar-refractivity contribution is 1.06. The Morgan fingerprint density at radius 1 is 1.25 bits per heavy atom. The molecule has 3 aromatic rings. The molecular formula is C15H10ClN3S. The minimum absolute atomic E-state index is 0.535. The van der Waals surface area contributed by atoms with Crippen molar-refractivity contribution in [2.24, 2.45) is 0 Å². The van der Waals surface area contributed by atoms with Crippen molar-refractivity contribution in [1.29, 1.82) is 5.26 Å². The molecule has 3 rings (SSSR count). The van der Waals surface area contributed by atoms with Crippen LogP contribution in [0.2, 0.25) is 5.02 Å². The number of nitriles is 1. The molecule has 0 spiro atoms. The van der Waals surface area contributed by atoms with Gasteiger partial charge in [-0.25, -0.2) is 0 Å². The number of aromatic nitrogens is 2.